The lowest BCUT2D eigenvalue weighted by Crippen LogP contribution is -2.50. The minimum absolute atomic E-state index is 0.0815. The topological polar surface area (TPSA) is 44.4 Å². The van der Waals surface area contributed by atoms with Gasteiger partial charge in [0.15, 0.2) is 0 Å². The Bertz CT molecular complexity index is 247. The van der Waals surface area contributed by atoms with Gasteiger partial charge < -0.3 is 15.5 Å². The van der Waals surface area contributed by atoms with Gasteiger partial charge in [0.2, 0.25) is 5.91 Å². The van der Waals surface area contributed by atoms with Crippen molar-refractivity contribution in [3.63, 3.8) is 0 Å². The number of likely N-dealkylation sites (tertiary alicyclic amines) is 1. The average molecular weight is 255 g/mol. The maximum atomic E-state index is 11.9. The summed E-state index contributed by atoms with van der Waals surface area (Å²) in [4.78, 5) is 14.3. The summed E-state index contributed by atoms with van der Waals surface area (Å²) in [6.07, 6.45) is 2.30. The van der Waals surface area contributed by atoms with Crippen molar-refractivity contribution >= 4 is 5.91 Å². The molecule has 0 bridgehead atoms. The van der Waals surface area contributed by atoms with Gasteiger partial charge in [-0.3, -0.25) is 4.79 Å². The molecule has 0 radical (unpaired) electrons. The molecular formula is C14H29N3O. The smallest absolute Gasteiger partial charge is 0.236 e. The largest absolute Gasteiger partial charge is 0.354 e. The number of hydrogen-bond donors (Lipinski definition) is 2. The molecule has 1 unspecified atom stereocenters. The van der Waals surface area contributed by atoms with E-state index in [0.29, 0.717) is 12.0 Å². The zero-order valence-corrected chi connectivity index (χ0v) is 12.3. The molecule has 0 aromatic rings. The van der Waals surface area contributed by atoms with Gasteiger partial charge in [-0.05, 0) is 45.3 Å². The summed E-state index contributed by atoms with van der Waals surface area (Å²) in [6, 6.07) is 0.412. The number of rotatable bonds is 6. The second kappa shape index (κ2) is 7.74. The van der Waals surface area contributed by atoms with E-state index in [9.17, 15) is 4.79 Å². The predicted molar refractivity (Wildman–Crippen MR) is 75.6 cm³/mol. The fourth-order valence-corrected chi connectivity index (χ4v) is 2.30. The van der Waals surface area contributed by atoms with E-state index >= 15 is 0 Å². The third kappa shape index (κ3) is 5.36. The van der Waals surface area contributed by atoms with Crippen molar-refractivity contribution in [2.75, 3.05) is 26.2 Å². The highest BCUT2D eigenvalue weighted by Crippen LogP contribution is 2.10. The molecular weight excluding hydrogens is 226 g/mol. The lowest BCUT2D eigenvalue weighted by atomic mass is 10.0. The Kier molecular flexibility index (Phi) is 6.65. The first kappa shape index (κ1) is 15.4. The molecule has 1 rings (SSSR count). The quantitative estimate of drug-likeness (QED) is 0.750. The van der Waals surface area contributed by atoms with Crippen molar-refractivity contribution in [2.24, 2.45) is 5.92 Å². The first-order valence-electron chi connectivity index (χ1n) is 7.29. The molecule has 0 aromatic carbocycles. The van der Waals surface area contributed by atoms with Crippen molar-refractivity contribution in [3.05, 3.63) is 0 Å². The number of amides is 1. The molecule has 0 aromatic heterocycles. The van der Waals surface area contributed by atoms with Crippen LogP contribution in [-0.2, 0) is 4.79 Å². The highest BCUT2D eigenvalue weighted by atomic mass is 16.2. The first-order valence-corrected chi connectivity index (χ1v) is 7.29. The molecule has 1 amide bonds. The number of nitrogens with zero attached hydrogens (tertiary/aromatic N) is 1. The van der Waals surface area contributed by atoms with E-state index in [1.165, 1.54) is 0 Å². The van der Waals surface area contributed by atoms with Crippen LogP contribution in [0.25, 0.3) is 0 Å². The first-order chi connectivity index (χ1) is 8.52. The Balaban J connectivity index is 2.23. The standard InChI is InChI=1S/C14H29N3O/c1-5-17-8-6-13(7-9-17)16-12(4)14(18)15-10-11(2)3/h11-13,16H,5-10H2,1-4H3,(H,15,18). The molecule has 0 spiro atoms. The van der Waals surface area contributed by atoms with Crippen LogP contribution in [0, 0.1) is 5.92 Å². The maximum absolute atomic E-state index is 11.9. The Morgan fingerprint density at radius 1 is 1.28 bits per heavy atom. The number of hydrogen-bond acceptors (Lipinski definition) is 3. The van der Waals surface area contributed by atoms with E-state index < -0.39 is 0 Å². The predicted octanol–water partition coefficient (Wildman–Crippen LogP) is 1.22. The molecule has 0 saturated carbocycles. The highest BCUT2D eigenvalue weighted by molar-refractivity contribution is 5.81. The van der Waals surface area contributed by atoms with E-state index in [1.807, 2.05) is 6.92 Å². The molecule has 1 heterocycles. The van der Waals surface area contributed by atoms with E-state index in [-0.39, 0.29) is 11.9 Å². The molecule has 0 aliphatic carbocycles. The number of piperidine rings is 1. The second-order valence-electron chi connectivity index (χ2n) is 5.74. The van der Waals surface area contributed by atoms with Crippen LogP contribution >= 0.6 is 0 Å². The van der Waals surface area contributed by atoms with Crippen molar-refractivity contribution in [2.45, 2.75) is 52.6 Å². The molecule has 2 N–H and O–H groups in total. The Morgan fingerprint density at radius 2 is 1.89 bits per heavy atom. The molecule has 18 heavy (non-hydrogen) atoms. The molecule has 1 fully saturated rings. The van der Waals surface area contributed by atoms with Gasteiger partial charge in [-0.25, -0.2) is 0 Å². The van der Waals surface area contributed by atoms with Crippen LogP contribution in [0.3, 0.4) is 0 Å². The molecule has 106 valence electrons. The minimum Gasteiger partial charge on any atom is -0.354 e. The summed E-state index contributed by atoms with van der Waals surface area (Å²) in [5.41, 5.74) is 0. The monoisotopic (exact) mass is 255 g/mol. The number of carbonyl (C=O) groups excluding carboxylic acids is 1. The van der Waals surface area contributed by atoms with E-state index in [1.54, 1.807) is 0 Å². The van der Waals surface area contributed by atoms with Crippen molar-refractivity contribution in [3.8, 4) is 0 Å². The SMILES string of the molecule is CCN1CCC(NC(C)C(=O)NCC(C)C)CC1. The van der Waals surface area contributed by atoms with Crippen molar-refractivity contribution in [1.82, 2.24) is 15.5 Å². The Hall–Kier alpha value is -0.610. The van der Waals surface area contributed by atoms with Gasteiger partial charge in [0.25, 0.3) is 0 Å². The van der Waals surface area contributed by atoms with Gasteiger partial charge in [-0.1, -0.05) is 20.8 Å². The average Bonchev–Trinajstić information content (AvgIpc) is 2.36. The number of nitrogens with one attached hydrogen (secondary N) is 2. The van der Waals surface area contributed by atoms with Crippen LogP contribution in [0.4, 0.5) is 0 Å². The fraction of sp³-hybridized carbons (Fsp3) is 0.929. The summed E-state index contributed by atoms with van der Waals surface area (Å²) >= 11 is 0. The molecule has 1 aliphatic rings. The van der Waals surface area contributed by atoms with Crippen molar-refractivity contribution in [1.29, 1.82) is 0 Å². The summed E-state index contributed by atoms with van der Waals surface area (Å²) < 4.78 is 0. The van der Waals surface area contributed by atoms with E-state index in [4.69, 9.17) is 0 Å². The lowest BCUT2D eigenvalue weighted by molar-refractivity contribution is -0.123. The third-order valence-electron chi connectivity index (χ3n) is 3.60. The molecule has 4 heteroatoms. The van der Waals surface area contributed by atoms with Gasteiger partial charge in [0, 0.05) is 12.6 Å². The zero-order chi connectivity index (χ0) is 13.5. The van der Waals surface area contributed by atoms with Crippen LogP contribution in [0.5, 0.6) is 0 Å². The molecule has 1 aliphatic heterocycles. The Morgan fingerprint density at radius 3 is 2.39 bits per heavy atom. The summed E-state index contributed by atoms with van der Waals surface area (Å²) in [6.45, 7) is 12.6. The highest BCUT2D eigenvalue weighted by Gasteiger charge is 2.21. The normalized spacial score (nSPS) is 20.1. The van der Waals surface area contributed by atoms with Gasteiger partial charge in [-0.2, -0.15) is 0 Å². The van der Waals surface area contributed by atoms with Crippen LogP contribution in [0.15, 0.2) is 0 Å². The number of carbonyl (C=O) groups is 1. The zero-order valence-electron chi connectivity index (χ0n) is 12.3. The van der Waals surface area contributed by atoms with E-state index in [0.717, 1.165) is 39.0 Å². The van der Waals surface area contributed by atoms with Gasteiger partial charge in [0.1, 0.15) is 0 Å². The summed E-state index contributed by atoms with van der Waals surface area (Å²) in [5.74, 6) is 0.635. The van der Waals surface area contributed by atoms with Crippen LogP contribution < -0.4 is 10.6 Å². The summed E-state index contributed by atoms with van der Waals surface area (Å²) in [5, 5.41) is 6.43. The van der Waals surface area contributed by atoms with Crippen LogP contribution in [0.2, 0.25) is 0 Å². The third-order valence-corrected chi connectivity index (χ3v) is 3.60. The van der Waals surface area contributed by atoms with Crippen molar-refractivity contribution < 1.29 is 4.79 Å². The van der Waals surface area contributed by atoms with E-state index in [2.05, 4.69) is 36.3 Å². The lowest BCUT2D eigenvalue weighted by Gasteiger charge is -2.33. The summed E-state index contributed by atoms with van der Waals surface area (Å²) in [7, 11) is 0. The van der Waals surface area contributed by atoms with Crippen LogP contribution in [-0.4, -0.2) is 49.1 Å². The van der Waals surface area contributed by atoms with Crippen LogP contribution in [0.1, 0.15) is 40.5 Å². The fourth-order valence-electron chi connectivity index (χ4n) is 2.30. The van der Waals surface area contributed by atoms with Gasteiger partial charge in [-0.15, -0.1) is 0 Å². The Labute approximate surface area is 111 Å². The molecule has 1 atom stereocenters. The minimum atomic E-state index is -0.0815. The maximum Gasteiger partial charge on any atom is 0.236 e. The van der Waals surface area contributed by atoms with Gasteiger partial charge >= 0.3 is 0 Å². The molecule has 1 saturated heterocycles. The second-order valence-corrected chi connectivity index (χ2v) is 5.74. The molecule has 4 nitrogen and oxygen atoms in total. The van der Waals surface area contributed by atoms with Gasteiger partial charge in [0.05, 0.1) is 6.04 Å².